The van der Waals surface area contributed by atoms with Gasteiger partial charge < -0.3 is 19.7 Å². The zero-order chi connectivity index (χ0) is 18.5. The van der Waals surface area contributed by atoms with Crippen molar-refractivity contribution in [3.05, 3.63) is 46.9 Å². The number of carbonyl (C=O) groups excluding carboxylic acids is 2. The number of carbonyl (C=O) groups is 2. The maximum absolute atomic E-state index is 12.1. The molecule has 26 heavy (non-hydrogen) atoms. The van der Waals surface area contributed by atoms with Crippen LogP contribution in [0.25, 0.3) is 0 Å². The Hall–Kier alpha value is -2.54. The van der Waals surface area contributed by atoms with E-state index in [2.05, 4.69) is 21.2 Å². The van der Waals surface area contributed by atoms with E-state index in [1.807, 2.05) is 18.2 Å². The van der Waals surface area contributed by atoms with Crippen LogP contribution in [0.4, 0.5) is 11.4 Å². The first-order valence-corrected chi connectivity index (χ1v) is 9.03. The number of nitrogens with one attached hydrogen (secondary N) is 1. The molecule has 1 fully saturated rings. The summed E-state index contributed by atoms with van der Waals surface area (Å²) in [5.74, 6) is 0.985. The van der Waals surface area contributed by atoms with E-state index < -0.39 is 0 Å². The van der Waals surface area contributed by atoms with Crippen LogP contribution in [0.15, 0.2) is 46.9 Å². The summed E-state index contributed by atoms with van der Waals surface area (Å²) in [4.78, 5) is 25.6. The summed E-state index contributed by atoms with van der Waals surface area (Å²) < 4.78 is 11.6. The lowest BCUT2D eigenvalue weighted by molar-refractivity contribution is -0.118. The van der Waals surface area contributed by atoms with E-state index in [1.165, 1.54) is 0 Å². The van der Waals surface area contributed by atoms with E-state index in [9.17, 15) is 9.59 Å². The molecule has 136 valence electrons. The lowest BCUT2D eigenvalue weighted by atomic mass is 10.3. The second kappa shape index (κ2) is 8.23. The molecule has 0 atom stereocenters. The Morgan fingerprint density at radius 3 is 2.65 bits per heavy atom. The highest BCUT2D eigenvalue weighted by molar-refractivity contribution is 9.10. The van der Waals surface area contributed by atoms with E-state index in [1.54, 1.807) is 36.3 Å². The zero-order valence-electron chi connectivity index (χ0n) is 14.3. The molecule has 0 radical (unpaired) electrons. The van der Waals surface area contributed by atoms with Crippen LogP contribution in [-0.2, 0) is 9.59 Å². The molecule has 0 bridgehead atoms. The minimum atomic E-state index is -0.291. The number of hydrogen-bond acceptors (Lipinski definition) is 4. The molecular formula is C19H19BrN2O4. The third-order valence-corrected chi connectivity index (χ3v) is 4.52. The van der Waals surface area contributed by atoms with E-state index in [0.717, 1.165) is 23.1 Å². The van der Waals surface area contributed by atoms with Gasteiger partial charge in [0.2, 0.25) is 5.91 Å². The largest absolute Gasteiger partial charge is 0.495 e. The number of halogens is 1. The quantitative estimate of drug-likeness (QED) is 0.777. The van der Waals surface area contributed by atoms with Crippen molar-refractivity contribution in [3.8, 4) is 11.5 Å². The Bertz CT molecular complexity index is 808. The molecule has 2 amide bonds. The summed E-state index contributed by atoms with van der Waals surface area (Å²) in [7, 11) is 1.54. The van der Waals surface area contributed by atoms with Crippen LogP contribution in [-0.4, -0.2) is 32.1 Å². The second-order valence-electron chi connectivity index (χ2n) is 5.82. The van der Waals surface area contributed by atoms with Crippen LogP contribution < -0.4 is 19.7 Å². The van der Waals surface area contributed by atoms with Gasteiger partial charge in [-0.05, 0) is 48.9 Å². The molecule has 1 saturated heterocycles. The molecule has 0 unspecified atom stereocenters. The van der Waals surface area contributed by atoms with Gasteiger partial charge in [0.25, 0.3) is 5.91 Å². The molecule has 0 aromatic heterocycles. The standard InChI is InChI=1S/C19H19BrN2O4/c1-25-17-9-4-13(20)11-16(17)21-18(23)12-26-15-7-5-14(6-8-15)22-10-2-3-19(22)24/h4-9,11H,2-3,10,12H2,1H3,(H,21,23). The average molecular weight is 419 g/mol. The number of ether oxygens (including phenoxy) is 2. The average Bonchev–Trinajstić information content (AvgIpc) is 3.07. The van der Waals surface area contributed by atoms with Gasteiger partial charge in [0.05, 0.1) is 12.8 Å². The van der Waals surface area contributed by atoms with E-state index >= 15 is 0 Å². The highest BCUT2D eigenvalue weighted by Crippen LogP contribution is 2.28. The number of methoxy groups -OCH3 is 1. The first-order chi connectivity index (χ1) is 12.6. The normalized spacial score (nSPS) is 13.6. The SMILES string of the molecule is COc1ccc(Br)cc1NC(=O)COc1ccc(N2CCCC2=O)cc1. The summed E-state index contributed by atoms with van der Waals surface area (Å²) in [5, 5.41) is 2.76. The van der Waals surface area contributed by atoms with Crippen molar-refractivity contribution in [3.63, 3.8) is 0 Å². The number of benzene rings is 2. The molecule has 3 rings (SSSR count). The molecular weight excluding hydrogens is 400 g/mol. The van der Waals surface area contributed by atoms with Gasteiger partial charge in [0.1, 0.15) is 11.5 Å². The third kappa shape index (κ3) is 4.35. The van der Waals surface area contributed by atoms with E-state index in [4.69, 9.17) is 9.47 Å². The minimum absolute atomic E-state index is 0.127. The smallest absolute Gasteiger partial charge is 0.262 e. The fourth-order valence-electron chi connectivity index (χ4n) is 2.76. The minimum Gasteiger partial charge on any atom is -0.495 e. The number of rotatable bonds is 6. The van der Waals surface area contributed by atoms with Gasteiger partial charge in [-0.3, -0.25) is 9.59 Å². The van der Waals surface area contributed by atoms with Crippen LogP contribution in [0.5, 0.6) is 11.5 Å². The number of anilines is 2. The molecule has 7 heteroatoms. The van der Waals surface area contributed by atoms with Gasteiger partial charge >= 0.3 is 0 Å². The lowest BCUT2D eigenvalue weighted by Gasteiger charge is -2.16. The molecule has 1 N–H and O–H groups in total. The summed E-state index contributed by atoms with van der Waals surface area (Å²) in [6.45, 7) is 0.619. The summed E-state index contributed by atoms with van der Waals surface area (Å²) in [5.41, 5.74) is 1.42. The van der Waals surface area contributed by atoms with Crippen LogP contribution in [0.3, 0.4) is 0 Å². The number of nitrogens with zero attached hydrogens (tertiary/aromatic N) is 1. The predicted octanol–water partition coefficient (Wildman–Crippen LogP) is 3.60. The van der Waals surface area contributed by atoms with E-state index in [-0.39, 0.29) is 18.4 Å². The molecule has 2 aromatic carbocycles. The number of amides is 2. The summed E-state index contributed by atoms with van der Waals surface area (Å²) >= 11 is 3.36. The summed E-state index contributed by atoms with van der Waals surface area (Å²) in [6.07, 6.45) is 1.48. The van der Waals surface area contributed by atoms with Crippen LogP contribution in [0.2, 0.25) is 0 Å². The van der Waals surface area contributed by atoms with Crippen molar-refractivity contribution in [1.82, 2.24) is 0 Å². The Morgan fingerprint density at radius 1 is 1.23 bits per heavy atom. The molecule has 0 aliphatic carbocycles. The molecule has 0 spiro atoms. The fourth-order valence-corrected chi connectivity index (χ4v) is 3.12. The van der Waals surface area contributed by atoms with Crippen molar-refractivity contribution >= 4 is 39.1 Å². The van der Waals surface area contributed by atoms with Gasteiger partial charge in [-0.1, -0.05) is 15.9 Å². The second-order valence-corrected chi connectivity index (χ2v) is 6.74. The molecule has 0 saturated carbocycles. The third-order valence-electron chi connectivity index (χ3n) is 4.03. The van der Waals surface area contributed by atoms with Gasteiger partial charge in [0, 0.05) is 23.1 Å². The lowest BCUT2D eigenvalue weighted by Crippen LogP contribution is -2.23. The van der Waals surface area contributed by atoms with Gasteiger partial charge in [-0.15, -0.1) is 0 Å². The van der Waals surface area contributed by atoms with Crippen molar-refractivity contribution in [1.29, 1.82) is 0 Å². The Kier molecular flexibility index (Phi) is 5.78. The first kappa shape index (κ1) is 18.3. The van der Waals surface area contributed by atoms with Crippen LogP contribution in [0.1, 0.15) is 12.8 Å². The maximum Gasteiger partial charge on any atom is 0.262 e. The highest BCUT2D eigenvalue weighted by atomic mass is 79.9. The Labute approximate surface area is 160 Å². The molecule has 2 aromatic rings. The van der Waals surface area contributed by atoms with Crippen molar-refractivity contribution in [2.45, 2.75) is 12.8 Å². The van der Waals surface area contributed by atoms with Crippen molar-refractivity contribution in [2.24, 2.45) is 0 Å². The monoisotopic (exact) mass is 418 g/mol. The van der Waals surface area contributed by atoms with Crippen LogP contribution in [0, 0.1) is 0 Å². The molecule has 1 heterocycles. The van der Waals surface area contributed by atoms with Crippen molar-refractivity contribution in [2.75, 3.05) is 30.5 Å². The first-order valence-electron chi connectivity index (χ1n) is 8.23. The summed E-state index contributed by atoms with van der Waals surface area (Å²) in [6, 6.07) is 12.5. The zero-order valence-corrected chi connectivity index (χ0v) is 15.9. The molecule has 6 nitrogen and oxygen atoms in total. The topological polar surface area (TPSA) is 67.9 Å². The maximum atomic E-state index is 12.1. The Balaban J connectivity index is 1.56. The highest BCUT2D eigenvalue weighted by Gasteiger charge is 2.21. The van der Waals surface area contributed by atoms with Gasteiger partial charge in [-0.2, -0.15) is 0 Å². The fraction of sp³-hybridized carbons (Fsp3) is 0.263. The molecule has 1 aliphatic heterocycles. The van der Waals surface area contributed by atoms with Crippen molar-refractivity contribution < 1.29 is 19.1 Å². The Morgan fingerprint density at radius 2 is 2.00 bits per heavy atom. The number of hydrogen-bond donors (Lipinski definition) is 1. The predicted molar refractivity (Wildman–Crippen MR) is 103 cm³/mol. The van der Waals surface area contributed by atoms with Crippen LogP contribution >= 0.6 is 15.9 Å². The van der Waals surface area contributed by atoms with Gasteiger partial charge in [0.15, 0.2) is 6.61 Å². The molecule has 1 aliphatic rings. The van der Waals surface area contributed by atoms with Gasteiger partial charge in [-0.25, -0.2) is 0 Å². The van der Waals surface area contributed by atoms with E-state index in [0.29, 0.717) is 23.6 Å².